The summed E-state index contributed by atoms with van der Waals surface area (Å²) in [6.45, 7) is 6.18. The van der Waals surface area contributed by atoms with Gasteiger partial charge in [-0.15, -0.1) is 5.10 Å². The maximum Gasteiger partial charge on any atom is 0.182 e. The van der Waals surface area contributed by atoms with Gasteiger partial charge in [0.15, 0.2) is 5.82 Å². The van der Waals surface area contributed by atoms with E-state index in [1.807, 2.05) is 23.7 Å². The van der Waals surface area contributed by atoms with E-state index in [0.29, 0.717) is 0 Å². The van der Waals surface area contributed by atoms with Gasteiger partial charge in [0.1, 0.15) is 0 Å². The molecule has 0 aliphatic rings. The number of nitrogens with two attached hydrogens (primary N) is 1. The molecule has 5 nitrogen and oxygen atoms in total. The Morgan fingerprint density at radius 2 is 2.17 bits per heavy atom. The Morgan fingerprint density at radius 1 is 1.44 bits per heavy atom. The van der Waals surface area contributed by atoms with E-state index in [2.05, 4.69) is 45.3 Å². The summed E-state index contributed by atoms with van der Waals surface area (Å²) in [5, 5.41) is 12.0. The number of anilines is 1. The minimum absolute atomic E-state index is 0.259. The largest absolute Gasteiger partial charge is 0.398 e. The van der Waals surface area contributed by atoms with Crippen molar-refractivity contribution in [3.05, 3.63) is 22.2 Å². The molecule has 0 amide bonds. The van der Waals surface area contributed by atoms with Crippen LogP contribution in [-0.2, 0) is 0 Å². The zero-order chi connectivity index (χ0) is 13.3. The summed E-state index contributed by atoms with van der Waals surface area (Å²) in [5.74, 6) is 0.759. The Bertz CT molecular complexity index is 564. The number of rotatable bonds is 3. The van der Waals surface area contributed by atoms with Crippen LogP contribution < -0.4 is 5.73 Å². The first-order chi connectivity index (χ1) is 8.54. The third kappa shape index (κ3) is 2.25. The molecular weight excluding hydrogens is 294 g/mol. The van der Waals surface area contributed by atoms with Gasteiger partial charge in [-0.1, -0.05) is 22.9 Å². The number of benzene rings is 1. The van der Waals surface area contributed by atoms with E-state index >= 15 is 0 Å². The third-order valence-electron chi connectivity index (χ3n) is 3.15. The number of hydrogen-bond donors (Lipinski definition) is 1. The number of halogens is 1. The zero-order valence-electron chi connectivity index (χ0n) is 10.7. The van der Waals surface area contributed by atoms with Crippen molar-refractivity contribution in [3.8, 4) is 11.4 Å². The summed E-state index contributed by atoms with van der Waals surface area (Å²) in [4.78, 5) is 0. The molecule has 0 radical (unpaired) electrons. The topological polar surface area (TPSA) is 69.6 Å². The van der Waals surface area contributed by atoms with Crippen molar-refractivity contribution in [1.82, 2.24) is 20.2 Å². The Labute approximate surface area is 115 Å². The molecule has 1 unspecified atom stereocenters. The molecule has 0 aliphatic heterocycles. The molecule has 0 saturated heterocycles. The number of hydrogen-bond acceptors (Lipinski definition) is 4. The summed E-state index contributed by atoms with van der Waals surface area (Å²) in [5.41, 5.74) is 8.68. The van der Waals surface area contributed by atoms with Crippen LogP contribution in [0.4, 0.5) is 5.69 Å². The first-order valence-corrected chi connectivity index (χ1v) is 6.67. The minimum Gasteiger partial charge on any atom is -0.398 e. The van der Waals surface area contributed by atoms with Crippen molar-refractivity contribution < 1.29 is 0 Å². The summed E-state index contributed by atoms with van der Waals surface area (Å²) in [6.07, 6.45) is 0.973. The lowest BCUT2D eigenvalue weighted by Crippen LogP contribution is -2.09. The van der Waals surface area contributed by atoms with Crippen LogP contribution in [0.25, 0.3) is 11.4 Å². The van der Waals surface area contributed by atoms with Crippen LogP contribution in [0.5, 0.6) is 0 Å². The number of nitrogen functional groups attached to an aromatic ring is 1. The molecule has 0 saturated carbocycles. The molecule has 96 valence electrons. The van der Waals surface area contributed by atoms with E-state index in [-0.39, 0.29) is 6.04 Å². The standard InChI is InChI=1S/C12H16BrN5/c1-4-7(2)18-12(15-16-17-18)10-5-9(13)6-11(14)8(10)3/h5-7H,4,14H2,1-3H3. The van der Waals surface area contributed by atoms with Crippen molar-refractivity contribution in [3.63, 3.8) is 0 Å². The van der Waals surface area contributed by atoms with Gasteiger partial charge in [0.25, 0.3) is 0 Å². The molecule has 1 atom stereocenters. The second-order valence-electron chi connectivity index (χ2n) is 4.37. The molecule has 0 aliphatic carbocycles. The first-order valence-electron chi connectivity index (χ1n) is 5.88. The normalized spacial score (nSPS) is 12.7. The van der Waals surface area contributed by atoms with Gasteiger partial charge < -0.3 is 5.73 Å². The molecule has 0 fully saturated rings. The van der Waals surface area contributed by atoms with Gasteiger partial charge in [0.05, 0.1) is 6.04 Å². The fourth-order valence-electron chi connectivity index (χ4n) is 1.77. The van der Waals surface area contributed by atoms with Crippen LogP contribution in [0.2, 0.25) is 0 Å². The molecule has 6 heteroatoms. The van der Waals surface area contributed by atoms with Crippen LogP contribution in [0, 0.1) is 6.92 Å². The Kier molecular flexibility index (Phi) is 3.65. The lowest BCUT2D eigenvalue weighted by atomic mass is 10.1. The van der Waals surface area contributed by atoms with E-state index in [1.165, 1.54) is 0 Å². The Balaban J connectivity index is 2.59. The van der Waals surface area contributed by atoms with Gasteiger partial charge in [0, 0.05) is 15.7 Å². The molecule has 0 spiro atoms. The average molecular weight is 310 g/mol. The molecule has 2 aromatic rings. The highest BCUT2D eigenvalue weighted by Crippen LogP contribution is 2.30. The van der Waals surface area contributed by atoms with Gasteiger partial charge in [-0.2, -0.15) is 0 Å². The van der Waals surface area contributed by atoms with Crippen LogP contribution in [0.15, 0.2) is 16.6 Å². The second kappa shape index (κ2) is 5.06. The van der Waals surface area contributed by atoms with Gasteiger partial charge in [-0.05, 0) is 48.4 Å². The first kappa shape index (κ1) is 13.0. The Morgan fingerprint density at radius 3 is 2.83 bits per heavy atom. The lowest BCUT2D eigenvalue weighted by Gasteiger charge is -2.13. The van der Waals surface area contributed by atoms with Gasteiger partial charge >= 0.3 is 0 Å². The summed E-state index contributed by atoms with van der Waals surface area (Å²) >= 11 is 3.45. The van der Waals surface area contributed by atoms with Crippen LogP contribution in [-0.4, -0.2) is 20.2 Å². The summed E-state index contributed by atoms with van der Waals surface area (Å²) in [6, 6.07) is 4.14. The molecule has 2 rings (SSSR count). The van der Waals surface area contributed by atoms with E-state index < -0.39 is 0 Å². The van der Waals surface area contributed by atoms with Crippen LogP contribution >= 0.6 is 15.9 Å². The molecule has 1 heterocycles. The number of aromatic nitrogens is 4. The zero-order valence-corrected chi connectivity index (χ0v) is 12.3. The van der Waals surface area contributed by atoms with E-state index in [1.54, 1.807) is 0 Å². The minimum atomic E-state index is 0.259. The van der Waals surface area contributed by atoms with E-state index in [0.717, 1.165) is 33.5 Å². The highest BCUT2D eigenvalue weighted by atomic mass is 79.9. The monoisotopic (exact) mass is 309 g/mol. The van der Waals surface area contributed by atoms with E-state index in [4.69, 9.17) is 5.73 Å². The predicted octanol–water partition coefficient (Wildman–Crippen LogP) is 2.96. The molecule has 1 aromatic heterocycles. The van der Waals surface area contributed by atoms with Crippen molar-refractivity contribution >= 4 is 21.6 Å². The maximum atomic E-state index is 5.98. The van der Waals surface area contributed by atoms with Crippen molar-refractivity contribution in [2.24, 2.45) is 0 Å². The van der Waals surface area contributed by atoms with E-state index in [9.17, 15) is 0 Å². The van der Waals surface area contributed by atoms with Gasteiger partial charge in [-0.25, -0.2) is 4.68 Å². The quantitative estimate of drug-likeness (QED) is 0.885. The highest BCUT2D eigenvalue weighted by molar-refractivity contribution is 9.10. The van der Waals surface area contributed by atoms with Crippen molar-refractivity contribution in [1.29, 1.82) is 0 Å². The average Bonchev–Trinajstić information content (AvgIpc) is 2.81. The third-order valence-corrected chi connectivity index (χ3v) is 3.61. The number of nitrogens with zero attached hydrogens (tertiary/aromatic N) is 4. The maximum absolute atomic E-state index is 5.98. The molecule has 0 bridgehead atoms. The summed E-state index contributed by atoms with van der Waals surface area (Å²) < 4.78 is 2.77. The fraction of sp³-hybridized carbons (Fsp3) is 0.417. The fourth-order valence-corrected chi connectivity index (χ4v) is 2.25. The second-order valence-corrected chi connectivity index (χ2v) is 5.29. The van der Waals surface area contributed by atoms with Gasteiger partial charge in [-0.3, -0.25) is 0 Å². The van der Waals surface area contributed by atoms with Crippen LogP contribution in [0.1, 0.15) is 31.9 Å². The lowest BCUT2D eigenvalue weighted by molar-refractivity contribution is 0.469. The van der Waals surface area contributed by atoms with Crippen LogP contribution in [0.3, 0.4) is 0 Å². The molecule has 1 aromatic carbocycles. The summed E-state index contributed by atoms with van der Waals surface area (Å²) in [7, 11) is 0. The highest BCUT2D eigenvalue weighted by Gasteiger charge is 2.16. The molecule has 18 heavy (non-hydrogen) atoms. The van der Waals surface area contributed by atoms with Crippen molar-refractivity contribution in [2.75, 3.05) is 5.73 Å². The SMILES string of the molecule is CCC(C)n1nnnc1-c1cc(Br)cc(N)c1C. The van der Waals surface area contributed by atoms with Crippen molar-refractivity contribution in [2.45, 2.75) is 33.2 Å². The Hall–Kier alpha value is -1.43. The molecule has 2 N–H and O–H groups in total. The number of tetrazole rings is 1. The smallest absolute Gasteiger partial charge is 0.182 e. The van der Waals surface area contributed by atoms with Gasteiger partial charge in [0.2, 0.25) is 0 Å². The molecular formula is C12H16BrN5. The predicted molar refractivity (Wildman–Crippen MR) is 75.1 cm³/mol.